The summed E-state index contributed by atoms with van der Waals surface area (Å²) >= 11 is 0. The number of nitrogen functional groups attached to an aromatic ring is 1. The number of imidazole rings is 1. The third kappa shape index (κ3) is 4.55. The van der Waals surface area contributed by atoms with Crippen molar-refractivity contribution in [3.8, 4) is 0 Å². The number of para-hydroxylation sites is 1. The lowest BCUT2D eigenvalue weighted by Crippen LogP contribution is -2.43. The van der Waals surface area contributed by atoms with E-state index >= 15 is 0 Å². The number of aromatic nitrogens is 4. The van der Waals surface area contributed by atoms with Gasteiger partial charge >= 0.3 is 0 Å². The number of nitrogens with zero attached hydrogens (tertiary/aromatic N) is 4. The molecule has 174 valence electrons. The molecule has 5 N–H and O–H groups in total. The van der Waals surface area contributed by atoms with Gasteiger partial charge in [0.25, 0.3) is 0 Å². The Labute approximate surface area is 186 Å². The molecule has 1 unspecified atom stereocenters. The number of nitrogens with two attached hydrogens (primary N) is 1. The number of hydrogen-bond acceptors (Lipinski definition) is 11. The number of benzene rings is 1. The van der Waals surface area contributed by atoms with Crippen molar-refractivity contribution in [1.82, 2.24) is 24.2 Å². The van der Waals surface area contributed by atoms with Gasteiger partial charge in [0.2, 0.25) is 15.5 Å². The average Bonchev–Trinajstić information content (AvgIpc) is 3.23. The Kier molecular flexibility index (Phi) is 6.35. The van der Waals surface area contributed by atoms with Gasteiger partial charge in [0, 0.05) is 6.54 Å². The lowest BCUT2D eigenvalue weighted by atomic mass is 10.2. The van der Waals surface area contributed by atoms with Crippen molar-refractivity contribution in [2.24, 2.45) is 0 Å². The first kappa shape index (κ1) is 22.8. The number of ether oxygens (including phenoxy) is 1. The van der Waals surface area contributed by atoms with E-state index in [1.807, 2.05) is 0 Å². The van der Waals surface area contributed by atoms with Crippen molar-refractivity contribution in [3.63, 3.8) is 0 Å². The summed E-state index contributed by atoms with van der Waals surface area (Å²) in [5.41, 5.74) is 5.98. The van der Waals surface area contributed by atoms with Gasteiger partial charge in [-0.25, -0.2) is 28.1 Å². The fourth-order valence-corrected chi connectivity index (χ4v) is 4.18. The Morgan fingerprint density at radius 3 is 2.82 bits per heavy atom. The summed E-state index contributed by atoms with van der Waals surface area (Å²) in [7, 11) is -4.32. The molecule has 3 aromatic heterocycles. The summed E-state index contributed by atoms with van der Waals surface area (Å²) in [6, 6.07) is 6.23. The van der Waals surface area contributed by atoms with Gasteiger partial charge in [-0.05, 0) is 12.1 Å². The van der Waals surface area contributed by atoms with E-state index in [9.17, 15) is 23.4 Å². The predicted octanol–water partition coefficient (Wildman–Crippen LogP) is -0.811. The molecule has 0 saturated carbocycles. The van der Waals surface area contributed by atoms with Crippen LogP contribution in [-0.4, -0.2) is 63.5 Å². The molecule has 0 aliphatic rings. The number of aliphatic hydroxyl groups excluding tert-OH is 2. The van der Waals surface area contributed by atoms with Crippen LogP contribution in [0.3, 0.4) is 0 Å². The zero-order valence-electron chi connectivity index (χ0n) is 17.0. The lowest BCUT2D eigenvalue weighted by molar-refractivity contribution is -0.0765. The van der Waals surface area contributed by atoms with Crippen LogP contribution in [0.1, 0.15) is 0 Å². The van der Waals surface area contributed by atoms with Crippen LogP contribution in [0.4, 0.5) is 5.82 Å². The number of nitrogens with one attached hydrogen (secondary N) is 1. The second-order valence-corrected chi connectivity index (χ2v) is 8.74. The zero-order valence-corrected chi connectivity index (χ0v) is 17.8. The maximum atomic E-state index is 12.7. The first-order valence-corrected chi connectivity index (χ1v) is 11.1. The Morgan fingerprint density at radius 2 is 2.03 bits per heavy atom. The Morgan fingerprint density at radius 1 is 1.24 bits per heavy atom. The van der Waals surface area contributed by atoms with Crippen LogP contribution < -0.4 is 15.9 Å². The number of fused-ring (bicyclic) bond motifs is 2. The Balaban J connectivity index is 1.51. The monoisotopic (exact) mass is 476 g/mol. The zero-order chi connectivity index (χ0) is 23.6. The summed E-state index contributed by atoms with van der Waals surface area (Å²) in [5, 5.41) is 19.6. The van der Waals surface area contributed by atoms with Crippen molar-refractivity contribution in [1.29, 1.82) is 0 Å². The molecule has 4 rings (SSSR count). The topological polar surface area (TPSA) is 196 Å². The molecule has 0 fully saturated rings. The fourth-order valence-electron chi connectivity index (χ4n) is 3.11. The van der Waals surface area contributed by atoms with Crippen LogP contribution in [0, 0.1) is 0 Å². The van der Waals surface area contributed by atoms with Crippen LogP contribution >= 0.6 is 0 Å². The van der Waals surface area contributed by atoms with Crippen LogP contribution in [0.25, 0.3) is 22.1 Å². The maximum Gasteiger partial charge on any atom is 0.247 e. The first-order chi connectivity index (χ1) is 15.8. The smallest absolute Gasteiger partial charge is 0.247 e. The third-order valence-corrected chi connectivity index (χ3v) is 6.29. The van der Waals surface area contributed by atoms with Gasteiger partial charge in [-0.2, -0.15) is 0 Å². The molecule has 0 bridgehead atoms. The molecule has 0 saturated heterocycles. The highest BCUT2D eigenvalue weighted by molar-refractivity contribution is 7.89. The number of sulfonamides is 1. The summed E-state index contributed by atoms with van der Waals surface area (Å²) in [6.45, 7) is -1.32. The highest BCUT2D eigenvalue weighted by Gasteiger charge is 2.26. The fraction of sp³-hybridized carbons (Fsp3) is 0.263. The number of aliphatic hydroxyl groups is 2. The summed E-state index contributed by atoms with van der Waals surface area (Å²) in [5.74, 6) is 0.174. The molecule has 0 amide bonds. The summed E-state index contributed by atoms with van der Waals surface area (Å²) < 4.78 is 40.0. The molecular weight excluding hydrogens is 456 g/mol. The Bertz CT molecular complexity index is 1450. The average molecular weight is 476 g/mol. The highest BCUT2D eigenvalue weighted by Crippen LogP contribution is 2.16. The van der Waals surface area contributed by atoms with Crippen LogP contribution in [0.2, 0.25) is 0 Å². The molecular formula is C19H20N6O7S. The maximum absolute atomic E-state index is 12.7. The van der Waals surface area contributed by atoms with Gasteiger partial charge in [-0.1, -0.05) is 12.1 Å². The van der Waals surface area contributed by atoms with E-state index in [4.69, 9.17) is 14.9 Å². The van der Waals surface area contributed by atoms with Gasteiger partial charge in [-0.3, -0.25) is 9.36 Å². The number of rotatable bonds is 9. The number of hydrogen-bond donors (Lipinski definition) is 4. The van der Waals surface area contributed by atoms with E-state index in [-0.39, 0.29) is 23.5 Å². The van der Waals surface area contributed by atoms with E-state index in [1.54, 1.807) is 18.2 Å². The molecule has 0 spiro atoms. The molecule has 0 aliphatic heterocycles. The molecule has 0 radical (unpaired) electrons. The number of anilines is 1. The minimum atomic E-state index is -4.32. The summed E-state index contributed by atoms with van der Waals surface area (Å²) in [4.78, 5) is 24.0. The van der Waals surface area contributed by atoms with Gasteiger partial charge in [0.1, 0.15) is 42.6 Å². The highest BCUT2D eigenvalue weighted by atomic mass is 32.2. The summed E-state index contributed by atoms with van der Waals surface area (Å²) in [6.07, 6.45) is 0.901. The van der Waals surface area contributed by atoms with Crippen LogP contribution in [0.5, 0.6) is 0 Å². The standard InChI is InChI=1S/C19H20N6O7S/c20-18-16-19(22-8-21-18)25(9-23-16)10-32-14(12(27)6-26)5-24-33(29,30)15-7-31-13-4-2-1-3-11(13)17(15)28/h1-4,7-9,12,14,24,26-27H,5-6,10H2,(H2,20,21,22)/t12?,14-/m1/s1. The molecule has 0 aliphatic carbocycles. The van der Waals surface area contributed by atoms with Gasteiger partial charge in [-0.15, -0.1) is 0 Å². The van der Waals surface area contributed by atoms with E-state index < -0.39 is 45.7 Å². The van der Waals surface area contributed by atoms with E-state index in [1.165, 1.54) is 23.3 Å². The van der Waals surface area contributed by atoms with Crippen LogP contribution in [0.15, 0.2) is 57.3 Å². The predicted molar refractivity (Wildman–Crippen MR) is 115 cm³/mol. The third-order valence-electron chi connectivity index (χ3n) is 4.89. The minimum Gasteiger partial charge on any atom is -0.463 e. The molecule has 3 heterocycles. The van der Waals surface area contributed by atoms with Gasteiger partial charge in [0.15, 0.2) is 16.4 Å². The molecule has 4 aromatic rings. The van der Waals surface area contributed by atoms with Crippen molar-refractivity contribution in [2.45, 2.75) is 23.8 Å². The second kappa shape index (κ2) is 9.21. The first-order valence-electron chi connectivity index (χ1n) is 9.64. The quantitative estimate of drug-likeness (QED) is 0.236. The van der Waals surface area contributed by atoms with Gasteiger partial charge < -0.3 is 25.1 Å². The second-order valence-electron chi connectivity index (χ2n) is 7.01. The van der Waals surface area contributed by atoms with Crippen molar-refractivity contribution >= 4 is 38.0 Å². The Hall–Kier alpha value is -3.43. The van der Waals surface area contributed by atoms with Crippen molar-refractivity contribution in [3.05, 3.63) is 53.4 Å². The van der Waals surface area contributed by atoms with E-state index in [0.717, 1.165) is 6.26 Å². The van der Waals surface area contributed by atoms with E-state index in [2.05, 4.69) is 19.7 Å². The molecule has 33 heavy (non-hydrogen) atoms. The van der Waals surface area contributed by atoms with E-state index in [0.29, 0.717) is 11.2 Å². The minimum absolute atomic E-state index is 0.108. The van der Waals surface area contributed by atoms with Gasteiger partial charge in [0.05, 0.1) is 18.3 Å². The van der Waals surface area contributed by atoms with Crippen LogP contribution in [-0.2, 0) is 21.5 Å². The van der Waals surface area contributed by atoms with Crippen molar-refractivity contribution in [2.75, 3.05) is 18.9 Å². The molecule has 14 heteroatoms. The van der Waals surface area contributed by atoms with Crippen molar-refractivity contribution < 1.29 is 27.8 Å². The SMILES string of the molecule is Nc1ncnc2c1ncn2CO[C@H](CNS(=O)(=O)c1coc2ccccc2c1=O)C(O)CO. The molecule has 13 nitrogen and oxygen atoms in total. The largest absolute Gasteiger partial charge is 0.463 e. The molecule has 1 aromatic carbocycles. The normalized spacial score (nSPS) is 14.0. The lowest BCUT2D eigenvalue weighted by Gasteiger charge is -2.22. The molecule has 2 atom stereocenters.